The number of rotatable bonds is 8. The van der Waals surface area contributed by atoms with Gasteiger partial charge in [-0.3, -0.25) is 28.8 Å². The van der Waals surface area contributed by atoms with Crippen LogP contribution in [0.3, 0.4) is 0 Å². The molecule has 1 aliphatic heterocycles. The van der Waals surface area contributed by atoms with Gasteiger partial charge < -0.3 is 33.2 Å². The van der Waals surface area contributed by atoms with Crippen molar-refractivity contribution in [3.63, 3.8) is 0 Å². The zero-order chi connectivity index (χ0) is 36.1. The molecule has 5 fully saturated rings. The minimum atomic E-state index is -1.59. The lowest BCUT2D eigenvalue weighted by atomic mass is 9.40. The van der Waals surface area contributed by atoms with Crippen molar-refractivity contribution in [1.82, 2.24) is 0 Å². The first-order valence-electron chi connectivity index (χ1n) is 17.3. The average molecular weight is 691 g/mol. The van der Waals surface area contributed by atoms with E-state index in [1.807, 2.05) is 6.92 Å². The largest absolute Gasteiger partial charge is 0.463 e. The molecule has 1 saturated heterocycles. The molecule has 49 heavy (non-hydrogen) atoms. The van der Waals surface area contributed by atoms with Crippen molar-refractivity contribution in [3.8, 4) is 0 Å². The number of ether oxygens (including phenoxy) is 7. The second kappa shape index (κ2) is 13.7. The van der Waals surface area contributed by atoms with Crippen molar-refractivity contribution >= 4 is 35.8 Å². The van der Waals surface area contributed by atoms with Gasteiger partial charge in [-0.2, -0.15) is 0 Å². The van der Waals surface area contributed by atoms with Gasteiger partial charge in [0.05, 0.1) is 5.41 Å². The summed E-state index contributed by atoms with van der Waals surface area (Å²) in [5.74, 6) is -3.44. The fourth-order valence-corrected chi connectivity index (χ4v) is 10.5. The van der Waals surface area contributed by atoms with E-state index < -0.39 is 72.6 Å². The van der Waals surface area contributed by atoms with Gasteiger partial charge in [-0.25, -0.2) is 0 Å². The molecule has 12 unspecified atom stereocenters. The molecule has 13 heteroatoms. The molecule has 4 aliphatic carbocycles. The first-order chi connectivity index (χ1) is 22.9. The van der Waals surface area contributed by atoms with Crippen LogP contribution in [0, 0.1) is 34.0 Å². The highest BCUT2D eigenvalue weighted by atomic mass is 16.7. The fourth-order valence-electron chi connectivity index (χ4n) is 10.5. The van der Waals surface area contributed by atoms with Crippen LogP contribution in [-0.4, -0.2) is 79.2 Å². The lowest BCUT2D eigenvalue weighted by molar-refractivity contribution is -0.305. The van der Waals surface area contributed by atoms with Crippen LogP contribution >= 0.6 is 0 Å². The van der Waals surface area contributed by atoms with Crippen molar-refractivity contribution in [2.24, 2.45) is 34.0 Å². The maximum atomic E-state index is 14.6. The summed E-state index contributed by atoms with van der Waals surface area (Å²) in [6.45, 7) is 14.1. The highest BCUT2D eigenvalue weighted by Gasteiger charge is 2.69. The Labute approximate surface area is 287 Å². The van der Waals surface area contributed by atoms with Crippen LogP contribution < -0.4 is 0 Å². The summed E-state index contributed by atoms with van der Waals surface area (Å²) in [6, 6.07) is 0. The molecule has 0 aromatic rings. The Balaban J connectivity index is 1.46. The topological polar surface area (TPSA) is 167 Å². The molecule has 4 saturated carbocycles. The van der Waals surface area contributed by atoms with E-state index in [1.165, 1.54) is 13.8 Å². The minimum absolute atomic E-state index is 0.0917. The van der Waals surface area contributed by atoms with Gasteiger partial charge in [0.1, 0.15) is 18.8 Å². The highest BCUT2D eigenvalue weighted by molar-refractivity contribution is 5.77. The van der Waals surface area contributed by atoms with Gasteiger partial charge in [-0.1, -0.05) is 19.9 Å². The quantitative estimate of drug-likeness (QED) is 0.203. The zero-order valence-electron chi connectivity index (χ0n) is 29.6. The molecule has 5 rings (SSSR count). The van der Waals surface area contributed by atoms with E-state index in [4.69, 9.17) is 33.2 Å². The third kappa shape index (κ3) is 6.71. The third-order valence-electron chi connectivity index (χ3n) is 12.1. The number of carbonyl (C=O) groups excluding carboxylic acids is 6. The summed E-state index contributed by atoms with van der Waals surface area (Å²) in [4.78, 5) is 75.3. The summed E-state index contributed by atoms with van der Waals surface area (Å²) < 4.78 is 39.9. The van der Waals surface area contributed by atoms with E-state index >= 15 is 0 Å². The molecule has 0 aromatic carbocycles. The Hall–Kier alpha value is -3.48. The smallest absolute Gasteiger partial charge is 0.314 e. The molecule has 0 radical (unpaired) electrons. The van der Waals surface area contributed by atoms with Crippen molar-refractivity contribution in [2.75, 3.05) is 6.61 Å². The van der Waals surface area contributed by atoms with Crippen molar-refractivity contribution in [1.29, 1.82) is 0 Å². The van der Waals surface area contributed by atoms with Crippen molar-refractivity contribution in [3.05, 3.63) is 12.2 Å². The van der Waals surface area contributed by atoms with E-state index in [0.29, 0.717) is 18.8 Å². The number of esters is 6. The second-order valence-electron chi connectivity index (χ2n) is 15.2. The van der Waals surface area contributed by atoms with Crippen LogP contribution in [0.2, 0.25) is 0 Å². The summed E-state index contributed by atoms with van der Waals surface area (Å²) in [5, 5.41) is 0. The molecule has 272 valence electrons. The molecule has 1 heterocycles. The summed E-state index contributed by atoms with van der Waals surface area (Å²) in [7, 11) is 0. The Morgan fingerprint density at radius 3 is 1.94 bits per heavy atom. The van der Waals surface area contributed by atoms with E-state index in [2.05, 4.69) is 13.5 Å². The predicted octanol–water partition coefficient (Wildman–Crippen LogP) is 4.12. The van der Waals surface area contributed by atoms with E-state index in [0.717, 1.165) is 64.9 Å². The molecule has 1 spiro atoms. The molecule has 13 nitrogen and oxygen atoms in total. The first kappa shape index (κ1) is 36.8. The molecule has 0 N–H and O–H groups in total. The molecule has 2 bridgehead atoms. The third-order valence-corrected chi connectivity index (χ3v) is 12.1. The minimum Gasteiger partial charge on any atom is -0.463 e. The summed E-state index contributed by atoms with van der Waals surface area (Å²) in [5.41, 5.74) is -0.489. The average Bonchev–Trinajstić information content (AvgIpc) is 3.17. The summed E-state index contributed by atoms with van der Waals surface area (Å²) in [6.07, 6.45) is -0.980. The Morgan fingerprint density at radius 2 is 1.33 bits per heavy atom. The molecular formula is C36H50O13. The Morgan fingerprint density at radius 1 is 0.714 bits per heavy atom. The van der Waals surface area contributed by atoms with Crippen LogP contribution in [0.25, 0.3) is 0 Å². The normalized spacial score (nSPS) is 40.9. The predicted molar refractivity (Wildman–Crippen MR) is 169 cm³/mol. The lowest BCUT2D eigenvalue weighted by Crippen LogP contribution is -2.64. The SMILES string of the molecule is C=C1C2CCC3C4(C)CCCC(C)(C(=O)OC5OC(COC(C)=O)C(OC(C)=O)C(OC(C)=O)C5OC(C)=O)C4CCC3(C2)C1OC(C)=O. The van der Waals surface area contributed by atoms with Gasteiger partial charge in [0.25, 0.3) is 0 Å². The monoisotopic (exact) mass is 690 g/mol. The van der Waals surface area contributed by atoms with Gasteiger partial charge in [0, 0.05) is 40.0 Å². The van der Waals surface area contributed by atoms with Gasteiger partial charge in [0.15, 0.2) is 12.2 Å². The Kier molecular flexibility index (Phi) is 10.3. The molecular weight excluding hydrogens is 640 g/mol. The first-order valence-corrected chi connectivity index (χ1v) is 17.3. The number of fused-ring (bicyclic) bond motifs is 3. The Bertz CT molecular complexity index is 1390. The van der Waals surface area contributed by atoms with Crippen LogP contribution in [-0.2, 0) is 61.9 Å². The number of carbonyl (C=O) groups is 6. The van der Waals surface area contributed by atoms with E-state index in [-0.39, 0.29) is 34.7 Å². The van der Waals surface area contributed by atoms with Gasteiger partial charge in [0.2, 0.25) is 12.4 Å². The number of hydrogen-bond acceptors (Lipinski definition) is 13. The lowest BCUT2D eigenvalue weighted by Gasteiger charge is -2.64. The second-order valence-corrected chi connectivity index (χ2v) is 15.2. The van der Waals surface area contributed by atoms with Crippen LogP contribution in [0.4, 0.5) is 0 Å². The molecule has 0 aromatic heterocycles. The van der Waals surface area contributed by atoms with Crippen LogP contribution in [0.1, 0.15) is 99.8 Å². The van der Waals surface area contributed by atoms with E-state index in [9.17, 15) is 28.8 Å². The maximum absolute atomic E-state index is 14.6. The molecule has 5 aliphatic rings. The van der Waals surface area contributed by atoms with E-state index in [1.54, 1.807) is 0 Å². The van der Waals surface area contributed by atoms with Crippen LogP contribution in [0.5, 0.6) is 0 Å². The standard InChI is InChI=1S/C36H50O13/c1-18-24-10-11-27-34(7)13-9-14-35(8,26(34)12-15-36(27,16-24)31(18)47-23(6)41)33(42)49-32-30(46-22(5)40)29(45-21(4)39)28(44-20(3)38)25(48-32)17-43-19(2)37/h24-32H,1,9-17H2,2-8H3. The fraction of sp³-hybridized carbons (Fsp3) is 0.778. The zero-order valence-corrected chi connectivity index (χ0v) is 29.6. The van der Waals surface area contributed by atoms with Gasteiger partial charge >= 0.3 is 35.8 Å². The summed E-state index contributed by atoms with van der Waals surface area (Å²) >= 11 is 0. The highest BCUT2D eigenvalue weighted by Crippen LogP contribution is 2.72. The molecule has 12 atom stereocenters. The maximum Gasteiger partial charge on any atom is 0.314 e. The number of hydrogen-bond donors (Lipinski definition) is 0. The van der Waals surface area contributed by atoms with Crippen molar-refractivity contribution < 1.29 is 61.9 Å². The molecule has 0 amide bonds. The van der Waals surface area contributed by atoms with Crippen molar-refractivity contribution in [2.45, 2.75) is 137 Å². The van der Waals surface area contributed by atoms with Gasteiger partial charge in [-0.15, -0.1) is 0 Å². The van der Waals surface area contributed by atoms with Crippen LogP contribution in [0.15, 0.2) is 12.2 Å². The van der Waals surface area contributed by atoms with Gasteiger partial charge in [-0.05, 0) is 80.6 Å².